The SMILES string of the molecule is C=CC[C@@]1(C)C[C@H](c2cccc(Cl)c2)[C@@H](c2ccc(Cl)cc2)N([C@H](CC)C(=O)O)C1=O. The highest BCUT2D eigenvalue weighted by Crippen LogP contribution is 2.52. The van der Waals surface area contributed by atoms with Gasteiger partial charge in [0, 0.05) is 16.0 Å². The molecule has 1 N–H and O–H groups in total. The van der Waals surface area contributed by atoms with Crippen molar-refractivity contribution in [3.8, 4) is 0 Å². The number of piperidine rings is 1. The van der Waals surface area contributed by atoms with Gasteiger partial charge in [0.05, 0.1) is 11.5 Å². The van der Waals surface area contributed by atoms with Gasteiger partial charge in [-0.1, -0.05) is 67.4 Å². The van der Waals surface area contributed by atoms with E-state index in [1.807, 2.05) is 43.3 Å². The van der Waals surface area contributed by atoms with Crippen molar-refractivity contribution >= 4 is 35.1 Å². The number of halogens is 2. The van der Waals surface area contributed by atoms with E-state index in [-0.39, 0.29) is 11.8 Å². The first kappa shape index (κ1) is 23.4. The third kappa shape index (κ3) is 4.65. The first-order valence-electron chi connectivity index (χ1n) is 10.4. The molecule has 0 aliphatic carbocycles. The summed E-state index contributed by atoms with van der Waals surface area (Å²) >= 11 is 12.4. The fraction of sp³-hybridized carbons (Fsp3) is 0.360. The predicted molar refractivity (Wildman–Crippen MR) is 124 cm³/mol. The van der Waals surface area contributed by atoms with Crippen molar-refractivity contribution in [2.75, 3.05) is 0 Å². The maximum absolute atomic E-state index is 13.8. The summed E-state index contributed by atoms with van der Waals surface area (Å²) in [4.78, 5) is 27.6. The highest BCUT2D eigenvalue weighted by molar-refractivity contribution is 6.30. The van der Waals surface area contributed by atoms with Crippen LogP contribution in [-0.2, 0) is 9.59 Å². The molecule has 3 rings (SSSR count). The monoisotopic (exact) mass is 459 g/mol. The molecule has 0 unspecified atom stereocenters. The number of likely N-dealkylation sites (tertiary alicyclic amines) is 1. The fourth-order valence-corrected chi connectivity index (χ4v) is 5.05. The lowest BCUT2D eigenvalue weighted by molar-refractivity contribution is -0.164. The van der Waals surface area contributed by atoms with Crippen molar-refractivity contribution in [1.82, 2.24) is 4.90 Å². The van der Waals surface area contributed by atoms with E-state index in [9.17, 15) is 14.7 Å². The molecule has 0 radical (unpaired) electrons. The minimum atomic E-state index is -1.01. The molecular formula is C25H27Cl2NO3. The van der Waals surface area contributed by atoms with Gasteiger partial charge in [0.1, 0.15) is 6.04 Å². The van der Waals surface area contributed by atoms with Crippen molar-refractivity contribution in [1.29, 1.82) is 0 Å². The molecular weight excluding hydrogens is 433 g/mol. The lowest BCUT2D eigenvalue weighted by atomic mass is 9.67. The molecule has 1 amide bonds. The van der Waals surface area contributed by atoms with Crippen LogP contribution in [0.4, 0.5) is 0 Å². The van der Waals surface area contributed by atoms with E-state index in [1.165, 1.54) is 0 Å². The van der Waals surface area contributed by atoms with Gasteiger partial charge < -0.3 is 10.0 Å². The average Bonchev–Trinajstić information content (AvgIpc) is 2.72. The Morgan fingerprint density at radius 3 is 2.45 bits per heavy atom. The Labute approximate surface area is 193 Å². The molecule has 4 atom stereocenters. The average molecular weight is 460 g/mol. The predicted octanol–water partition coefficient (Wildman–Crippen LogP) is 6.50. The van der Waals surface area contributed by atoms with E-state index in [0.29, 0.717) is 29.3 Å². The molecule has 0 aromatic heterocycles. The highest BCUT2D eigenvalue weighted by atomic mass is 35.5. The Balaban J connectivity index is 2.25. The quantitative estimate of drug-likeness (QED) is 0.480. The number of carbonyl (C=O) groups is 2. The molecule has 1 aliphatic heterocycles. The Hall–Kier alpha value is -2.30. The van der Waals surface area contributed by atoms with Gasteiger partial charge in [0.15, 0.2) is 0 Å². The van der Waals surface area contributed by atoms with Gasteiger partial charge in [0.2, 0.25) is 5.91 Å². The van der Waals surface area contributed by atoms with E-state index in [0.717, 1.165) is 11.1 Å². The molecule has 0 saturated carbocycles. The van der Waals surface area contributed by atoms with Gasteiger partial charge in [-0.15, -0.1) is 6.58 Å². The molecule has 164 valence electrons. The van der Waals surface area contributed by atoms with E-state index < -0.39 is 23.5 Å². The molecule has 1 aliphatic rings. The van der Waals surface area contributed by atoms with Crippen LogP contribution in [0.5, 0.6) is 0 Å². The van der Waals surface area contributed by atoms with Crippen molar-refractivity contribution in [3.63, 3.8) is 0 Å². The lowest BCUT2D eigenvalue weighted by Crippen LogP contribution is -2.57. The summed E-state index contributed by atoms with van der Waals surface area (Å²) in [5, 5.41) is 11.2. The van der Waals surface area contributed by atoms with Crippen LogP contribution in [0.3, 0.4) is 0 Å². The van der Waals surface area contributed by atoms with E-state index in [4.69, 9.17) is 23.2 Å². The van der Waals surface area contributed by atoms with Gasteiger partial charge in [-0.2, -0.15) is 0 Å². The Morgan fingerprint density at radius 2 is 1.90 bits per heavy atom. The van der Waals surface area contributed by atoms with Crippen LogP contribution in [0.1, 0.15) is 56.2 Å². The first-order valence-corrected chi connectivity index (χ1v) is 11.1. The van der Waals surface area contributed by atoms with Crippen LogP contribution >= 0.6 is 23.2 Å². The number of allylic oxidation sites excluding steroid dienone is 1. The number of hydrogen-bond acceptors (Lipinski definition) is 2. The molecule has 31 heavy (non-hydrogen) atoms. The first-order chi connectivity index (χ1) is 14.7. The smallest absolute Gasteiger partial charge is 0.326 e. The van der Waals surface area contributed by atoms with Crippen LogP contribution in [0.15, 0.2) is 61.2 Å². The normalized spacial score (nSPS) is 24.6. The molecule has 2 aromatic rings. The molecule has 1 saturated heterocycles. The van der Waals surface area contributed by atoms with Crippen molar-refractivity contribution in [2.45, 2.75) is 51.1 Å². The van der Waals surface area contributed by atoms with Gasteiger partial charge in [-0.3, -0.25) is 4.79 Å². The number of hydrogen-bond donors (Lipinski definition) is 1. The zero-order valence-electron chi connectivity index (χ0n) is 17.7. The van der Waals surface area contributed by atoms with E-state index >= 15 is 0 Å². The van der Waals surface area contributed by atoms with Crippen LogP contribution in [-0.4, -0.2) is 27.9 Å². The number of nitrogens with zero attached hydrogens (tertiary/aromatic N) is 1. The summed E-state index contributed by atoms with van der Waals surface area (Å²) in [5.74, 6) is -1.32. The maximum atomic E-state index is 13.8. The van der Waals surface area contributed by atoms with Gasteiger partial charge in [0.25, 0.3) is 0 Å². The second kappa shape index (κ2) is 9.46. The number of carboxylic acid groups (broad SMARTS) is 1. The van der Waals surface area contributed by atoms with Gasteiger partial charge in [-0.05, 0) is 54.7 Å². The van der Waals surface area contributed by atoms with Crippen LogP contribution < -0.4 is 0 Å². The molecule has 0 bridgehead atoms. The molecule has 6 heteroatoms. The largest absolute Gasteiger partial charge is 0.480 e. The third-order valence-corrected chi connectivity index (χ3v) is 6.68. The van der Waals surface area contributed by atoms with Crippen LogP contribution in [0.25, 0.3) is 0 Å². The maximum Gasteiger partial charge on any atom is 0.326 e. The van der Waals surface area contributed by atoms with Gasteiger partial charge in [-0.25, -0.2) is 4.79 Å². The topological polar surface area (TPSA) is 57.6 Å². The second-order valence-corrected chi connectivity index (χ2v) is 9.26. The minimum Gasteiger partial charge on any atom is -0.480 e. The Morgan fingerprint density at radius 1 is 1.23 bits per heavy atom. The Bertz CT molecular complexity index is 975. The third-order valence-electron chi connectivity index (χ3n) is 6.19. The molecule has 2 aromatic carbocycles. The summed E-state index contributed by atoms with van der Waals surface area (Å²) in [5.41, 5.74) is 1.06. The van der Waals surface area contributed by atoms with Crippen LogP contribution in [0, 0.1) is 5.41 Å². The summed E-state index contributed by atoms with van der Waals surface area (Å²) in [6.45, 7) is 7.52. The van der Waals surface area contributed by atoms with Crippen LogP contribution in [0.2, 0.25) is 10.0 Å². The molecule has 4 nitrogen and oxygen atoms in total. The number of carbonyl (C=O) groups excluding carboxylic acids is 1. The van der Waals surface area contributed by atoms with Gasteiger partial charge >= 0.3 is 5.97 Å². The number of rotatable bonds is 7. The zero-order valence-corrected chi connectivity index (χ0v) is 19.2. The summed E-state index contributed by atoms with van der Waals surface area (Å²) in [7, 11) is 0. The van der Waals surface area contributed by atoms with Crippen molar-refractivity contribution in [2.24, 2.45) is 5.41 Å². The fourth-order valence-electron chi connectivity index (χ4n) is 4.72. The second-order valence-electron chi connectivity index (χ2n) is 8.39. The number of aliphatic carboxylic acids is 1. The summed E-state index contributed by atoms with van der Waals surface area (Å²) in [6.07, 6.45) is 3.05. The minimum absolute atomic E-state index is 0.143. The number of amides is 1. The molecule has 1 fully saturated rings. The standard InChI is InChI=1S/C25H27Cl2NO3/c1-4-13-25(3)15-20(17-7-6-8-19(27)14-17)22(16-9-11-18(26)12-10-16)28(24(25)31)21(5-2)23(29)30/h4,6-12,14,20-22H,1,5,13,15H2,2-3H3,(H,29,30)/t20-,21-,22-,25+/m1/s1. The van der Waals surface area contributed by atoms with E-state index in [1.54, 1.807) is 30.0 Å². The number of benzene rings is 2. The summed E-state index contributed by atoms with van der Waals surface area (Å²) < 4.78 is 0. The van der Waals surface area contributed by atoms with E-state index in [2.05, 4.69) is 6.58 Å². The molecule has 1 heterocycles. The Kier molecular flexibility index (Phi) is 7.13. The van der Waals surface area contributed by atoms with Crippen molar-refractivity contribution < 1.29 is 14.7 Å². The zero-order chi connectivity index (χ0) is 22.8. The van der Waals surface area contributed by atoms with Crippen molar-refractivity contribution in [3.05, 3.63) is 82.4 Å². The number of carboxylic acids is 1. The molecule has 0 spiro atoms. The lowest BCUT2D eigenvalue weighted by Gasteiger charge is -2.51. The summed E-state index contributed by atoms with van der Waals surface area (Å²) in [6, 6.07) is 13.5. The highest BCUT2D eigenvalue weighted by Gasteiger charge is 2.52.